The van der Waals surface area contributed by atoms with E-state index in [4.69, 9.17) is 9.97 Å². The molecule has 0 radical (unpaired) electrons. The molecule has 184 valence electrons. The molecule has 4 heterocycles. The number of hydrogen-bond acceptors (Lipinski definition) is 4. The summed E-state index contributed by atoms with van der Waals surface area (Å²) in [4.78, 5) is 17.0. The lowest BCUT2D eigenvalue weighted by Gasteiger charge is -2.43. The molecule has 0 aromatic carbocycles. The van der Waals surface area contributed by atoms with Gasteiger partial charge in [0.1, 0.15) is 4.60 Å². The van der Waals surface area contributed by atoms with Crippen molar-refractivity contribution in [3.05, 3.63) is 94.5 Å². The molecule has 0 N–H and O–H groups in total. The van der Waals surface area contributed by atoms with Crippen molar-refractivity contribution in [1.29, 1.82) is 0 Å². The standard InChI is InChI=1S/C28H24BrF3N4/c1-27(2)13-15-28(16-14-27,21-7-3-5-19(33-21)17-9-11-23(29)35-25(17)31)22-8-4-6-20(34-22)18-10-12-24(30)36-26(18)32/h3-12H,13-16H2,1-2H3. The molecule has 0 unspecified atom stereocenters. The minimum Gasteiger partial charge on any atom is -0.252 e. The molecule has 1 fully saturated rings. The normalized spacial score (nSPS) is 16.6. The van der Waals surface area contributed by atoms with E-state index >= 15 is 0 Å². The molecule has 1 saturated carbocycles. The van der Waals surface area contributed by atoms with Crippen LogP contribution in [0.4, 0.5) is 13.2 Å². The zero-order valence-electron chi connectivity index (χ0n) is 19.9. The van der Waals surface area contributed by atoms with Crippen molar-refractivity contribution in [3.63, 3.8) is 0 Å². The maximum absolute atomic E-state index is 14.7. The van der Waals surface area contributed by atoms with Crippen LogP contribution in [0.5, 0.6) is 0 Å². The van der Waals surface area contributed by atoms with E-state index in [1.54, 1.807) is 24.3 Å². The molecule has 4 nitrogen and oxygen atoms in total. The fraction of sp³-hybridized carbons (Fsp3) is 0.286. The molecule has 0 aliphatic heterocycles. The number of rotatable bonds is 4. The third kappa shape index (κ3) is 4.66. The lowest BCUT2D eigenvalue weighted by atomic mass is 9.62. The Morgan fingerprint density at radius 3 is 1.69 bits per heavy atom. The molecule has 0 atom stereocenters. The van der Waals surface area contributed by atoms with Crippen molar-refractivity contribution in [1.82, 2.24) is 19.9 Å². The Hall–Kier alpha value is -3.13. The third-order valence-electron chi connectivity index (χ3n) is 7.12. The number of nitrogens with zero attached hydrogens (tertiary/aromatic N) is 4. The summed E-state index contributed by atoms with van der Waals surface area (Å²) < 4.78 is 43.0. The first-order valence-electron chi connectivity index (χ1n) is 11.8. The summed E-state index contributed by atoms with van der Waals surface area (Å²) in [6, 6.07) is 16.8. The molecule has 1 aliphatic carbocycles. The Balaban J connectivity index is 1.64. The maximum atomic E-state index is 14.7. The minimum atomic E-state index is -0.906. The average molecular weight is 553 g/mol. The van der Waals surface area contributed by atoms with Crippen LogP contribution < -0.4 is 0 Å². The molecule has 36 heavy (non-hydrogen) atoms. The van der Waals surface area contributed by atoms with E-state index in [9.17, 15) is 13.2 Å². The van der Waals surface area contributed by atoms with Crippen molar-refractivity contribution in [2.75, 3.05) is 0 Å². The predicted octanol–water partition coefficient (Wildman–Crippen LogP) is 7.67. The lowest BCUT2D eigenvalue weighted by Crippen LogP contribution is -2.37. The highest BCUT2D eigenvalue weighted by atomic mass is 79.9. The Labute approximate surface area is 216 Å². The van der Waals surface area contributed by atoms with E-state index in [2.05, 4.69) is 39.7 Å². The van der Waals surface area contributed by atoms with Crippen LogP contribution in [-0.4, -0.2) is 19.9 Å². The molecule has 8 heteroatoms. The van der Waals surface area contributed by atoms with Crippen LogP contribution in [0.1, 0.15) is 50.9 Å². The van der Waals surface area contributed by atoms with E-state index in [0.29, 0.717) is 21.6 Å². The molecule has 1 aliphatic rings. The van der Waals surface area contributed by atoms with Crippen LogP contribution in [0.2, 0.25) is 0 Å². The topological polar surface area (TPSA) is 51.6 Å². The van der Waals surface area contributed by atoms with Gasteiger partial charge in [0.05, 0.1) is 39.3 Å². The number of aromatic nitrogens is 4. The van der Waals surface area contributed by atoms with Gasteiger partial charge >= 0.3 is 0 Å². The van der Waals surface area contributed by atoms with Gasteiger partial charge in [-0.05, 0) is 95.6 Å². The zero-order valence-corrected chi connectivity index (χ0v) is 21.5. The van der Waals surface area contributed by atoms with Gasteiger partial charge in [0.15, 0.2) is 0 Å². The Morgan fingerprint density at radius 2 is 1.17 bits per heavy atom. The predicted molar refractivity (Wildman–Crippen MR) is 136 cm³/mol. The van der Waals surface area contributed by atoms with Crippen molar-refractivity contribution in [2.45, 2.75) is 44.9 Å². The second kappa shape index (κ2) is 9.39. The van der Waals surface area contributed by atoms with Crippen LogP contribution in [0.3, 0.4) is 0 Å². The van der Waals surface area contributed by atoms with E-state index in [1.165, 1.54) is 6.07 Å². The summed E-state index contributed by atoms with van der Waals surface area (Å²) in [5, 5.41) is 0. The lowest BCUT2D eigenvalue weighted by molar-refractivity contribution is 0.180. The van der Waals surface area contributed by atoms with Crippen LogP contribution >= 0.6 is 15.9 Å². The zero-order chi connectivity index (χ0) is 25.5. The maximum Gasteiger partial charge on any atom is 0.224 e. The summed E-state index contributed by atoms with van der Waals surface area (Å²) in [6.07, 6.45) is 3.42. The molecular formula is C28H24BrF3N4. The molecule has 4 aromatic rings. The van der Waals surface area contributed by atoms with Crippen LogP contribution in [0.25, 0.3) is 22.5 Å². The first-order valence-corrected chi connectivity index (χ1v) is 12.6. The highest BCUT2D eigenvalue weighted by Crippen LogP contribution is 2.50. The molecule has 0 bridgehead atoms. The van der Waals surface area contributed by atoms with Crippen LogP contribution in [0, 0.1) is 23.3 Å². The summed E-state index contributed by atoms with van der Waals surface area (Å²) in [5.41, 5.74) is 2.44. The molecule has 0 saturated heterocycles. The Kier molecular flexibility index (Phi) is 6.41. The van der Waals surface area contributed by atoms with Crippen molar-refractivity contribution < 1.29 is 13.2 Å². The summed E-state index contributed by atoms with van der Waals surface area (Å²) in [6.45, 7) is 4.49. The Morgan fingerprint density at radius 1 is 0.639 bits per heavy atom. The second-order valence-electron chi connectivity index (χ2n) is 10.0. The fourth-order valence-electron chi connectivity index (χ4n) is 4.91. The molecule has 0 amide bonds. The van der Waals surface area contributed by atoms with Crippen LogP contribution in [0.15, 0.2) is 65.3 Å². The van der Waals surface area contributed by atoms with E-state index in [0.717, 1.165) is 43.1 Å². The van der Waals surface area contributed by atoms with Gasteiger partial charge in [0.2, 0.25) is 17.8 Å². The molecule has 4 aromatic heterocycles. The second-order valence-corrected chi connectivity index (χ2v) is 10.8. The number of pyridine rings is 4. The van der Waals surface area contributed by atoms with E-state index in [-0.39, 0.29) is 11.0 Å². The largest absolute Gasteiger partial charge is 0.252 e. The van der Waals surface area contributed by atoms with Gasteiger partial charge in [0.25, 0.3) is 0 Å². The fourth-order valence-corrected chi connectivity index (χ4v) is 5.19. The van der Waals surface area contributed by atoms with Gasteiger partial charge in [-0.15, -0.1) is 0 Å². The Bertz CT molecular complexity index is 1330. The first-order chi connectivity index (χ1) is 17.2. The first kappa shape index (κ1) is 24.6. The number of halogens is 4. The van der Waals surface area contributed by atoms with Crippen molar-refractivity contribution >= 4 is 15.9 Å². The average Bonchev–Trinajstić information content (AvgIpc) is 2.84. The third-order valence-corrected chi connectivity index (χ3v) is 7.56. The highest BCUT2D eigenvalue weighted by Gasteiger charge is 2.43. The van der Waals surface area contributed by atoms with Gasteiger partial charge < -0.3 is 0 Å². The minimum absolute atomic E-state index is 0.134. The monoisotopic (exact) mass is 552 g/mol. The summed E-state index contributed by atoms with van der Waals surface area (Å²) in [5.74, 6) is -2.39. The highest BCUT2D eigenvalue weighted by molar-refractivity contribution is 9.10. The van der Waals surface area contributed by atoms with Gasteiger partial charge in [-0.3, -0.25) is 9.97 Å². The van der Waals surface area contributed by atoms with Crippen molar-refractivity contribution in [2.24, 2.45) is 5.41 Å². The molecule has 5 rings (SSSR count). The van der Waals surface area contributed by atoms with Gasteiger partial charge in [-0.1, -0.05) is 26.0 Å². The van der Waals surface area contributed by atoms with Crippen LogP contribution in [-0.2, 0) is 5.41 Å². The SMILES string of the molecule is CC1(C)CCC(c2cccc(-c3ccc(F)nc3F)n2)(c2cccc(-c3ccc(Br)nc3F)n2)CC1. The van der Waals surface area contributed by atoms with Gasteiger partial charge in [-0.25, -0.2) is 4.98 Å². The summed E-state index contributed by atoms with van der Waals surface area (Å²) >= 11 is 3.20. The van der Waals surface area contributed by atoms with E-state index in [1.807, 2.05) is 24.3 Å². The quantitative estimate of drug-likeness (QED) is 0.244. The smallest absolute Gasteiger partial charge is 0.224 e. The van der Waals surface area contributed by atoms with Gasteiger partial charge in [0, 0.05) is 0 Å². The van der Waals surface area contributed by atoms with Gasteiger partial charge in [-0.2, -0.15) is 18.2 Å². The number of hydrogen-bond donors (Lipinski definition) is 0. The summed E-state index contributed by atoms with van der Waals surface area (Å²) in [7, 11) is 0. The molecular weight excluding hydrogens is 529 g/mol. The van der Waals surface area contributed by atoms with Crippen molar-refractivity contribution in [3.8, 4) is 22.5 Å². The molecule has 0 spiro atoms. The van der Waals surface area contributed by atoms with E-state index < -0.39 is 23.3 Å².